The number of carbonyl (C=O) groups is 1. The molecule has 0 saturated carbocycles. The van der Waals surface area contributed by atoms with Gasteiger partial charge in [0.25, 0.3) is 0 Å². The van der Waals surface area contributed by atoms with E-state index in [1.807, 2.05) is 38.1 Å². The Labute approximate surface area is 112 Å². The molecule has 19 heavy (non-hydrogen) atoms. The number of para-hydroxylation sites is 1. The summed E-state index contributed by atoms with van der Waals surface area (Å²) < 4.78 is 0. The number of amides is 1. The van der Waals surface area contributed by atoms with Crippen molar-refractivity contribution < 1.29 is 4.79 Å². The first kappa shape index (κ1) is 13.3. The second-order valence-corrected chi connectivity index (χ2v) is 4.16. The minimum absolute atomic E-state index is 0.0766. The molecule has 0 unspecified atom stereocenters. The van der Waals surface area contributed by atoms with Gasteiger partial charge in [0, 0.05) is 18.5 Å². The maximum absolute atomic E-state index is 11.9. The maximum Gasteiger partial charge on any atom is 0.241 e. The molecule has 5 heteroatoms. The minimum Gasteiger partial charge on any atom is -0.360 e. The van der Waals surface area contributed by atoms with Gasteiger partial charge in [-0.2, -0.15) is 0 Å². The molecule has 1 aromatic carbocycles. The molecule has 0 atom stereocenters. The van der Waals surface area contributed by atoms with Crippen molar-refractivity contribution in [2.45, 2.75) is 13.8 Å². The van der Waals surface area contributed by atoms with Gasteiger partial charge in [0.1, 0.15) is 12.1 Å². The third-order valence-electron chi connectivity index (χ3n) is 3.07. The van der Waals surface area contributed by atoms with Crippen LogP contribution in [0.5, 0.6) is 0 Å². The Morgan fingerprint density at radius 1 is 1.21 bits per heavy atom. The smallest absolute Gasteiger partial charge is 0.241 e. The first-order valence-corrected chi connectivity index (χ1v) is 6.47. The fourth-order valence-corrected chi connectivity index (χ4v) is 1.99. The zero-order valence-electron chi connectivity index (χ0n) is 11.3. The van der Waals surface area contributed by atoms with Crippen LogP contribution in [0, 0.1) is 0 Å². The van der Waals surface area contributed by atoms with Crippen LogP contribution in [0.4, 0.5) is 5.82 Å². The van der Waals surface area contributed by atoms with Gasteiger partial charge in [-0.15, -0.1) is 0 Å². The fraction of sp³-hybridized carbons (Fsp3) is 0.357. The van der Waals surface area contributed by atoms with Crippen molar-refractivity contribution in [1.82, 2.24) is 14.9 Å². The van der Waals surface area contributed by atoms with Crippen molar-refractivity contribution >= 4 is 22.6 Å². The summed E-state index contributed by atoms with van der Waals surface area (Å²) in [5.41, 5.74) is 0.871. The number of hydrogen-bond acceptors (Lipinski definition) is 4. The predicted octanol–water partition coefficient (Wildman–Crippen LogP) is 1.91. The lowest BCUT2D eigenvalue weighted by Gasteiger charge is -2.19. The number of fused-ring (bicyclic) bond motifs is 1. The molecule has 2 aromatic rings. The van der Waals surface area contributed by atoms with E-state index in [0.717, 1.165) is 24.0 Å². The van der Waals surface area contributed by atoms with Gasteiger partial charge in [-0.25, -0.2) is 9.97 Å². The van der Waals surface area contributed by atoms with Gasteiger partial charge < -0.3 is 10.2 Å². The first-order valence-electron chi connectivity index (χ1n) is 6.47. The van der Waals surface area contributed by atoms with Crippen molar-refractivity contribution in [1.29, 1.82) is 0 Å². The molecule has 1 amide bonds. The van der Waals surface area contributed by atoms with Crippen molar-refractivity contribution in [3.05, 3.63) is 30.6 Å². The summed E-state index contributed by atoms with van der Waals surface area (Å²) in [6.45, 7) is 5.65. The van der Waals surface area contributed by atoms with Crippen LogP contribution < -0.4 is 5.32 Å². The summed E-state index contributed by atoms with van der Waals surface area (Å²) in [4.78, 5) is 22.1. The normalized spacial score (nSPS) is 10.4. The SMILES string of the molecule is CCN(CC)C(=O)CNc1ncnc2ccccc12. The molecular formula is C14H18N4O. The van der Waals surface area contributed by atoms with Crippen molar-refractivity contribution in [3.8, 4) is 0 Å². The van der Waals surface area contributed by atoms with Gasteiger partial charge in [0.2, 0.25) is 5.91 Å². The Kier molecular flexibility index (Phi) is 4.28. The number of benzene rings is 1. The van der Waals surface area contributed by atoms with Gasteiger partial charge >= 0.3 is 0 Å². The van der Waals surface area contributed by atoms with E-state index in [1.165, 1.54) is 6.33 Å². The zero-order chi connectivity index (χ0) is 13.7. The second kappa shape index (κ2) is 6.13. The van der Waals surface area contributed by atoms with Crippen LogP contribution in [-0.4, -0.2) is 40.4 Å². The van der Waals surface area contributed by atoms with Crippen LogP contribution in [0.1, 0.15) is 13.8 Å². The third kappa shape index (κ3) is 2.99. The lowest BCUT2D eigenvalue weighted by atomic mass is 10.2. The Morgan fingerprint density at radius 3 is 2.68 bits per heavy atom. The summed E-state index contributed by atoms with van der Waals surface area (Å²) in [5, 5.41) is 4.02. The Balaban J connectivity index is 2.12. The van der Waals surface area contributed by atoms with Crippen LogP contribution in [-0.2, 0) is 4.79 Å². The number of carbonyl (C=O) groups excluding carboxylic acids is 1. The quantitative estimate of drug-likeness (QED) is 0.890. The number of nitrogens with one attached hydrogen (secondary N) is 1. The van der Waals surface area contributed by atoms with Crippen LogP contribution in [0.25, 0.3) is 10.9 Å². The molecule has 0 saturated heterocycles. The van der Waals surface area contributed by atoms with Crippen LogP contribution in [0.2, 0.25) is 0 Å². The van der Waals surface area contributed by atoms with Gasteiger partial charge in [0.15, 0.2) is 0 Å². The van der Waals surface area contributed by atoms with E-state index >= 15 is 0 Å². The van der Waals surface area contributed by atoms with E-state index in [-0.39, 0.29) is 12.5 Å². The Hall–Kier alpha value is -2.17. The number of rotatable bonds is 5. The summed E-state index contributed by atoms with van der Waals surface area (Å²) in [6, 6.07) is 7.73. The molecule has 1 heterocycles. The van der Waals surface area contributed by atoms with E-state index < -0.39 is 0 Å². The number of hydrogen-bond donors (Lipinski definition) is 1. The van der Waals surface area contributed by atoms with E-state index in [9.17, 15) is 4.79 Å². The van der Waals surface area contributed by atoms with E-state index in [0.29, 0.717) is 5.82 Å². The molecule has 0 fully saturated rings. The summed E-state index contributed by atoms with van der Waals surface area (Å²) in [7, 11) is 0. The highest BCUT2D eigenvalue weighted by Crippen LogP contribution is 2.17. The molecule has 0 spiro atoms. The molecule has 1 N–H and O–H groups in total. The molecule has 1 aromatic heterocycles. The van der Waals surface area contributed by atoms with Gasteiger partial charge in [-0.3, -0.25) is 4.79 Å². The Morgan fingerprint density at radius 2 is 1.95 bits per heavy atom. The van der Waals surface area contributed by atoms with Crippen LogP contribution in [0.3, 0.4) is 0 Å². The maximum atomic E-state index is 11.9. The number of anilines is 1. The van der Waals surface area contributed by atoms with Crippen molar-refractivity contribution in [2.24, 2.45) is 0 Å². The number of aromatic nitrogens is 2. The molecule has 0 bridgehead atoms. The third-order valence-corrected chi connectivity index (χ3v) is 3.07. The van der Waals surface area contributed by atoms with Gasteiger partial charge in [-0.1, -0.05) is 12.1 Å². The average Bonchev–Trinajstić information content (AvgIpc) is 2.46. The van der Waals surface area contributed by atoms with Crippen LogP contribution in [0.15, 0.2) is 30.6 Å². The highest BCUT2D eigenvalue weighted by Gasteiger charge is 2.10. The standard InChI is InChI=1S/C14H18N4O/c1-3-18(4-2)13(19)9-15-14-11-7-5-6-8-12(11)16-10-17-14/h5-8,10H,3-4,9H2,1-2H3,(H,15,16,17). The average molecular weight is 258 g/mol. The molecule has 0 aliphatic rings. The molecule has 0 aliphatic heterocycles. The molecular weight excluding hydrogens is 240 g/mol. The molecule has 0 aliphatic carbocycles. The highest BCUT2D eigenvalue weighted by atomic mass is 16.2. The van der Waals surface area contributed by atoms with Crippen molar-refractivity contribution in [3.63, 3.8) is 0 Å². The van der Waals surface area contributed by atoms with Crippen LogP contribution >= 0.6 is 0 Å². The van der Waals surface area contributed by atoms with Gasteiger partial charge in [0.05, 0.1) is 12.1 Å². The first-order chi connectivity index (χ1) is 9.26. The second-order valence-electron chi connectivity index (χ2n) is 4.16. The monoisotopic (exact) mass is 258 g/mol. The lowest BCUT2D eigenvalue weighted by molar-refractivity contribution is -0.128. The molecule has 0 radical (unpaired) electrons. The Bertz CT molecular complexity index is 561. The molecule has 100 valence electrons. The molecule has 2 rings (SSSR count). The fourth-order valence-electron chi connectivity index (χ4n) is 1.99. The summed E-state index contributed by atoms with van der Waals surface area (Å²) in [5.74, 6) is 0.777. The lowest BCUT2D eigenvalue weighted by Crippen LogP contribution is -2.35. The summed E-state index contributed by atoms with van der Waals surface area (Å²) >= 11 is 0. The minimum atomic E-state index is 0.0766. The zero-order valence-corrected chi connectivity index (χ0v) is 11.3. The molecule has 5 nitrogen and oxygen atoms in total. The van der Waals surface area contributed by atoms with Crippen molar-refractivity contribution in [2.75, 3.05) is 25.0 Å². The number of nitrogens with zero attached hydrogens (tertiary/aromatic N) is 3. The largest absolute Gasteiger partial charge is 0.360 e. The summed E-state index contributed by atoms with van der Waals surface area (Å²) in [6.07, 6.45) is 1.51. The highest BCUT2D eigenvalue weighted by molar-refractivity contribution is 5.90. The van der Waals surface area contributed by atoms with E-state index in [1.54, 1.807) is 4.90 Å². The number of likely N-dealkylation sites (N-methyl/N-ethyl adjacent to an activating group) is 1. The topological polar surface area (TPSA) is 58.1 Å². The predicted molar refractivity (Wildman–Crippen MR) is 76.0 cm³/mol. The van der Waals surface area contributed by atoms with E-state index in [2.05, 4.69) is 15.3 Å². The van der Waals surface area contributed by atoms with Gasteiger partial charge in [-0.05, 0) is 26.0 Å². The van der Waals surface area contributed by atoms with E-state index in [4.69, 9.17) is 0 Å².